The van der Waals surface area contributed by atoms with Crippen molar-refractivity contribution in [2.45, 2.75) is 29.4 Å². The third-order valence-corrected chi connectivity index (χ3v) is 6.38. The third-order valence-electron chi connectivity index (χ3n) is 5.49. The number of ether oxygens (including phenoxy) is 1. The molecule has 3 aliphatic heterocycles. The topological polar surface area (TPSA) is 152 Å². The molecule has 1 amide bonds. The molecule has 0 radical (unpaired) electrons. The Kier molecular flexibility index (Phi) is 5.01. The molecule has 0 aliphatic carbocycles. The van der Waals surface area contributed by atoms with Crippen molar-refractivity contribution >= 4 is 34.7 Å². The van der Waals surface area contributed by atoms with Crippen molar-refractivity contribution in [3.05, 3.63) is 35.8 Å². The third kappa shape index (κ3) is 3.25. The first-order valence-electron chi connectivity index (χ1n) is 8.96. The van der Waals surface area contributed by atoms with E-state index in [1.807, 2.05) is 0 Å². The highest BCUT2D eigenvalue weighted by atomic mass is 32.2. The van der Waals surface area contributed by atoms with E-state index >= 15 is 0 Å². The van der Waals surface area contributed by atoms with Gasteiger partial charge in [0.1, 0.15) is 18.3 Å². The molecule has 4 N–H and O–H groups in total. The zero-order chi connectivity index (χ0) is 20.7. The lowest BCUT2D eigenvalue weighted by atomic mass is 9.74. The number of aromatic nitrogens is 1. The van der Waals surface area contributed by atoms with Crippen LogP contribution in [0.25, 0.3) is 0 Å². The number of nitrogens with two attached hydrogens (primary N) is 1. The maximum absolute atomic E-state index is 12.9. The molecule has 4 heterocycles. The molecule has 11 heteroatoms. The van der Waals surface area contributed by atoms with E-state index in [-0.39, 0.29) is 30.3 Å². The molecular formula is C18H18N4O6S. The first-order valence-corrected chi connectivity index (χ1v) is 9.78. The number of piperidine rings is 1. The van der Waals surface area contributed by atoms with Gasteiger partial charge in [0, 0.05) is 28.8 Å². The van der Waals surface area contributed by atoms with Gasteiger partial charge in [-0.3, -0.25) is 14.6 Å². The summed E-state index contributed by atoms with van der Waals surface area (Å²) in [6, 6.07) is 1.71. The average Bonchev–Trinajstić information content (AvgIpc) is 2.99. The summed E-state index contributed by atoms with van der Waals surface area (Å²) in [5.74, 6) is -2.08. The predicted molar refractivity (Wildman–Crippen MR) is 99.6 cm³/mol. The number of rotatable bonds is 6. The van der Waals surface area contributed by atoms with Crippen molar-refractivity contribution in [1.29, 1.82) is 0 Å². The molecule has 152 valence electrons. The number of nitrogens with zero attached hydrogens (tertiary/aromatic N) is 2. The molecule has 1 aromatic rings. The van der Waals surface area contributed by atoms with E-state index in [1.54, 1.807) is 12.1 Å². The number of carboxylic acids is 1. The van der Waals surface area contributed by atoms with Crippen LogP contribution in [0.1, 0.15) is 6.42 Å². The summed E-state index contributed by atoms with van der Waals surface area (Å²) in [7, 11) is 0. The second kappa shape index (κ2) is 7.48. The molecule has 10 nitrogen and oxygen atoms in total. The fourth-order valence-electron chi connectivity index (χ4n) is 4.43. The number of thioether (sulfide) groups is 1. The SMILES string of the molecule is NC(=O)OCC1=C(C(=O)O)N2C(C(=O)C(=O)Sc3ccncc3)[C@H]3NCCC1[C@H]32. The number of carbonyl (C=O) groups excluding carboxylic acids is 3. The van der Waals surface area contributed by atoms with Gasteiger partial charge in [0.05, 0.1) is 12.1 Å². The van der Waals surface area contributed by atoms with E-state index in [9.17, 15) is 24.3 Å². The van der Waals surface area contributed by atoms with Crippen molar-refractivity contribution in [3.63, 3.8) is 0 Å². The van der Waals surface area contributed by atoms with Crippen molar-refractivity contribution in [3.8, 4) is 0 Å². The fraction of sp³-hybridized carbons (Fsp3) is 0.389. The number of amides is 1. The quantitative estimate of drug-likeness (QED) is 0.416. The average molecular weight is 418 g/mol. The lowest BCUT2D eigenvalue weighted by Crippen LogP contribution is -2.77. The van der Waals surface area contributed by atoms with Crippen LogP contribution >= 0.6 is 11.8 Å². The summed E-state index contributed by atoms with van der Waals surface area (Å²) in [4.78, 5) is 54.4. The van der Waals surface area contributed by atoms with Crippen LogP contribution in [-0.2, 0) is 19.1 Å². The molecule has 1 aromatic heterocycles. The molecular weight excluding hydrogens is 400 g/mol. The molecule has 3 aliphatic rings. The van der Waals surface area contributed by atoms with Gasteiger partial charge in [-0.1, -0.05) is 0 Å². The van der Waals surface area contributed by atoms with Gasteiger partial charge < -0.3 is 25.8 Å². The minimum absolute atomic E-state index is 0.0822. The minimum atomic E-state index is -1.23. The number of pyridine rings is 1. The number of carbonyl (C=O) groups is 4. The van der Waals surface area contributed by atoms with E-state index in [4.69, 9.17) is 10.5 Å². The van der Waals surface area contributed by atoms with E-state index in [2.05, 4.69) is 10.3 Å². The second-order valence-electron chi connectivity index (χ2n) is 6.94. The molecule has 4 rings (SSSR count). The lowest BCUT2D eigenvalue weighted by molar-refractivity contribution is -0.146. The van der Waals surface area contributed by atoms with Crippen LogP contribution in [0.4, 0.5) is 4.79 Å². The van der Waals surface area contributed by atoms with E-state index in [0.29, 0.717) is 23.4 Å². The highest BCUT2D eigenvalue weighted by Gasteiger charge is 2.63. The Morgan fingerprint density at radius 2 is 2.03 bits per heavy atom. The van der Waals surface area contributed by atoms with Gasteiger partial charge in [-0.15, -0.1) is 0 Å². The van der Waals surface area contributed by atoms with Crippen LogP contribution in [0, 0.1) is 5.92 Å². The Hall–Kier alpha value is -2.92. The molecule has 2 unspecified atom stereocenters. The summed E-state index contributed by atoms with van der Waals surface area (Å²) < 4.78 is 4.85. The fourth-order valence-corrected chi connectivity index (χ4v) is 5.12. The van der Waals surface area contributed by atoms with Gasteiger partial charge in [-0.05, 0) is 36.9 Å². The van der Waals surface area contributed by atoms with E-state index in [0.717, 1.165) is 11.8 Å². The Bertz CT molecular complexity index is 920. The number of ketones is 1. The molecule has 2 fully saturated rings. The van der Waals surface area contributed by atoms with Crippen LogP contribution in [0.2, 0.25) is 0 Å². The Labute approximate surface area is 169 Å². The lowest BCUT2D eigenvalue weighted by Gasteiger charge is -2.56. The normalized spacial score (nSPS) is 27.1. The molecule has 0 spiro atoms. The van der Waals surface area contributed by atoms with Gasteiger partial charge in [0.2, 0.25) is 5.78 Å². The Morgan fingerprint density at radius 1 is 1.31 bits per heavy atom. The number of hydrogen-bond donors (Lipinski definition) is 3. The molecule has 29 heavy (non-hydrogen) atoms. The van der Waals surface area contributed by atoms with Crippen molar-refractivity contribution in [1.82, 2.24) is 15.2 Å². The van der Waals surface area contributed by atoms with E-state index < -0.39 is 29.0 Å². The smallest absolute Gasteiger partial charge is 0.404 e. The molecule has 0 bridgehead atoms. The van der Waals surface area contributed by atoms with E-state index in [1.165, 1.54) is 17.3 Å². The predicted octanol–water partition coefficient (Wildman–Crippen LogP) is -0.252. The van der Waals surface area contributed by atoms with Gasteiger partial charge in [0.15, 0.2) is 0 Å². The van der Waals surface area contributed by atoms with Crippen LogP contribution in [0.5, 0.6) is 0 Å². The van der Waals surface area contributed by atoms with Crippen LogP contribution < -0.4 is 11.1 Å². The number of Topliss-reactive ketones (excluding diaryl/α,β-unsaturated/α-hetero) is 1. The molecule has 0 saturated carbocycles. The number of carboxylic acid groups (broad SMARTS) is 1. The molecule has 0 aromatic carbocycles. The summed E-state index contributed by atoms with van der Waals surface area (Å²) in [6.07, 6.45) is 2.66. The summed E-state index contributed by atoms with van der Waals surface area (Å²) in [6.45, 7) is 0.310. The van der Waals surface area contributed by atoms with Gasteiger partial charge in [-0.2, -0.15) is 0 Å². The number of aliphatic carboxylic acids is 1. The Morgan fingerprint density at radius 3 is 2.69 bits per heavy atom. The minimum Gasteiger partial charge on any atom is -0.477 e. The first kappa shape index (κ1) is 19.4. The second-order valence-corrected chi connectivity index (χ2v) is 7.99. The highest BCUT2D eigenvalue weighted by molar-refractivity contribution is 8.15. The molecule has 4 atom stereocenters. The first-order chi connectivity index (χ1) is 13.9. The van der Waals surface area contributed by atoms with Crippen LogP contribution in [0.15, 0.2) is 40.7 Å². The number of hydrogen-bond acceptors (Lipinski definition) is 9. The van der Waals surface area contributed by atoms with Crippen LogP contribution in [0.3, 0.4) is 0 Å². The van der Waals surface area contributed by atoms with Gasteiger partial charge >= 0.3 is 12.1 Å². The summed E-state index contributed by atoms with van der Waals surface area (Å²) in [5.41, 5.74) is 5.38. The van der Waals surface area contributed by atoms with Crippen LogP contribution in [-0.4, -0.2) is 69.2 Å². The Balaban J connectivity index is 1.60. The monoisotopic (exact) mass is 418 g/mol. The van der Waals surface area contributed by atoms with Crippen molar-refractivity contribution in [2.75, 3.05) is 13.2 Å². The van der Waals surface area contributed by atoms with Gasteiger partial charge in [0.25, 0.3) is 5.12 Å². The zero-order valence-electron chi connectivity index (χ0n) is 15.1. The zero-order valence-corrected chi connectivity index (χ0v) is 15.9. The summed E-state index contributed by atoms with van der Waals surface area (Å²) >= 11 is 0.787. The maximum Gasteiger partial charge on any atom is 0.404 e. The summed E-state index contributed by atoms with van der Waals surface area (Å²) in [5, 5.41) is 12.3. The highest BCUT2D eigenvalue weighted by Crippen LogP contribution is 2.49. The van der Waals surface area contributed by atoms with Gasteiger partial charge in [-0.25, -0.2) is 9.59 Å². The molecule has 2 saturated heterocycles. The van der Waals surface area contributed by atoms with Crippen molar-refractivity contribution in [2.24, 2.45) is 11.7 Å². The largest absolute Gasteiger partial charge is 0.477 e. The number of nitrogens with one attached hydrogen (secondary N) is 1. The van der Waals surface area contributed by atoms with Crippen molar-refractivity contribution < 1.29 is 29.0 Å². The maximum atomic E-state index is 12.9. The number of primary amides is 1. The standard InChI is InChI=1S/C18H18N4O6S/c19-18(27)28-7-10-9-3-6-21-11-12(9)22(13(10)16(24)25)14(11)15(23)17(26)29-8-1-4-20-5-2-8/h1-2,4-5,9,11-12,14,21H,3,6-7H2,(H2,19,27)(H,24,25)/t9?,11-,12+,14?/m0/s1.